The molecule has 0 radical (unpaired) electrons. The first kappa shape index (κ1) is 11.0. The summed E-state index contributed by atoms with van der Waals surface area (Å²) < 4.78 is 0. The van der Waals surface area contributed by atoms with Gasteiger partial charge in [0.25, 0.3) is 0 Å². The largest absolute Gasteiger partial charge is 0.286 e. The second-order valence-electron chi connectivity index (χ2n) is 5.39. The standard InChI is InChI=1S/C13H22N2/c1-12-6-5-7-13(10-12,11-14)15-8-3-2-4-9-15/h12H,2-10H2,1H3. The Labute approximate surface area is 93.3 Å². The lowest BCUT2D eigenvalue weighted by Gasteiger charge is -2.45. The molecular formula is C13H22N2. The van der Waals surface area contributed by atoms with Gasteiger partial charge in [-0.3, -0.25) is 4.90 Å². The number of rotatable bonds is 1. The van der Waals surface area contributed by atoms with Gasteiger partial charge in [-0.05, 0) is 44.7 Å². The van der Waals surface area contributed by atoms with E-state index in [-0.39, 0.29) is 5.54 Å². The molecule has 0 aromatic heterocycles. The molecule has 0 spiro atoms. The molecule has 84 valence electrons. The van der Waals surface area contributed by atoms with Gasteiger partial charge in [-0.15, -0.1) is 0 Å². The summed E-state index contributed by atoms with van der Waals surface area (Å²) in [5.41, 5.74) is -0.0991. The molecule has 15 heavy (non-hydrogen) atoms. The zero-order valence-corrected chi connectivity index (χ0v) is 9.84. The summed E-state index contributed by atoms with van der Waals surface area (Å²) in [5.74, 6) is 0.736. The van der Waals surface area contributed by atoms with Gasteiger partial charge < -0.3 is 0 Å². The second kappa shape index (κ2) is 4.53. The quantitative estimate of drug-likeness (QED) is 0.659. The molecule has 2 rings (SSSR count). The van der Waals surface area contributed by atoms with E-state index in [1.54, 1.807) is 0 Å². The lowest BCUT2D eigenvalue weighted by Crippen LogP contribution is -2.52. The smallest absolute Gasteiger partial charge is 0.109 e. The SMILES string of the molecule is CC1CCCC(C#N)(N2CCCCC2)C1. The van der Waals surface area contributed by atoms with Crippen LogP contribution in [0.25, 0.3) is 0 Å². The molecule has 0 aromatic carbocycles. The van der Waals surface area contributed by atoms with Crippen molar-refractivity contribution in [2.75, 3.05) is 13.1 Å². The van der Waals surface area contributed by atoms with Crippen LogP contribution in [0, 0.1) is 17.2 Å². The van der Waals surface area contributed by atoms with E-state index in [9.17, 15) is 5.26 Å². The minimum atomic E-state index is -0.0991. The van der Waals surface area contributed by atoms with Crippen LogP contribution in [0.2, 0.25) is 0 Å². The fourth-order valence-electron chi connectivity index (χ4n) is 3.30. The molecule has 2 heteroatoms. The number of hydrogen-bond acceptors (Lipinski definition) is 2. The van der Waals surface area contributed by atoms with Crippen LogP contribution in [0.15, 0.2) is 0 Å². The summed E-state index contributed by atoms with van der Waals surface area (Å²) >= 11 is 0. The Kier molecular flexibility index (Phi) is 3.31. The summed E-state index contributed by atoms with van der Waals surface area (Å²) in [6, 6.07) is 2.64. The zero-order valence-electron chi connectivity index (χ0n) is 9.84. The Balaban J connectivity index is 2.09. The summed E-state index contributed by atoms with van der Waals surface area (Å²) in [6.07, 6.45) is 8.70. The van der Waals surface area contributed by atoms with E-state index in [1.807, 2.05) is 0 Å². The Hall–Kier alpha value is -0.550. The first-order valence-corrected chi connectivity index (χ1v) is 6.43. The molecule has 0 amide bonds. The highest BCUT2D eigenvalue weighted by Gasteiger charge is 2.40. The van der Waals surface area contributed by atoms with E-state index >= 15 is 0 Å². The maximum absolute atomic E-state index is 9.52. The van der Waals surface area contributed by atoms with Crippen LogP contribution < -0.4 is 0 Å². The van der Waals surface area contributed by atoms with Gasteiger partial charge in [-0.25, -0.2) is 0 Å². The van der Waals surface area contributed by atoms with Crippen molar-refractivity contribution in [3.05, 3.63) is 0 Å². The topological polar surface area (TPSA) is 27.0 Å². The fraction of sp³-hybridized carbons (Fsp3) is 0.923. The third-order valence-corrected chi connectivity index (χ3v) is 4.14. The predicted molar refractivity (Wildman–Crippen MR) is 61.4 cm³/mol. The molecular weight excluding hydrogens is 184 g/mol. The zero-order chi connectivity index (χ0) is 10.7. The van der Waals surface area contributed by atoms with Crippen LogP contribution in [-0.2, 0) is 0 Å². The number of nitrogens with zero attached hydrogens (tertiary/aromatic N) is 2. The molecule has 2 unspecified atom stereocenters. The summed E-state index contributed by atoms with van der Waals surface area (Å²) in [6.45, 7) is 4.61. The highest BCUT2D eigenvalue weighted by atomic mass is 15.2. The Morgan fingerprint density at radius 3 is 2.53 bits per heavy atom. The summed E-state index contributed by atoms with van der Waals surface area (Å²) in [5, 5.41) is 9.52. The first-order chi connectivity index (χ1) is 7.27. The number of piperidine rings is 1. The van der Waals surface area contributed by atoms with Crippen LogP contribution in [-0.4, -0.2) is 23.5 Å². The van der Waals surface area contributed by atoms with Crippen LogP contribution >= 0.6 is 0 Å². The van der Waals surface area contributed by atoms with Crippen molar-refractivity contribution in [2.45, 2.75) is 57.4 Å². The second-order valence-corrected chi connectivity index (χ2v) is 5.39. The molecule has 0 bridgehead atoms. The number of hydrogen-bond donors (Lipinski definition) is 0. The fourth-order valence-corrected chi connectivity index (χ4v) is 3.30. The van der Waals surface area contributed by atoms with Crippen molar-refractivity contribution < 1.29 is 0 Å². The third-order valence-electron chi connectivity index (χ3n) is 4.14. The molecule has 2 nitrogen and oxygen atoms in total. The maximum atomic E-state index is 9.52. The maximum Gasteiger partial charge on any atom is 0.109 e. The minimum absolute atomic E-state index is 0.0991. The third kappa shape index (κ3) is 2.18. The molecule has 2 fully saturated rings. The van der Waals surface area contributed by atoms with Crippen molar-refractivity contribution in [1.82, 2.24) is 4.90 Å². The van der Waals surface area contributed by atoms with Crippen LogP contribution in [0.4, 0.5) is 0 Å². The predicted octanol–water partition coefficient (Wildman–Crippen LogP) is 2.94. The van der Waals surface area contributed by atoms with Gasteiger partial charge in [0, 0.05) is 0 Å². The lowest BCUT2D eigenvalue weighted by molar-refractivity contribution is 0.0606. The van der Waals surface area contributed by atoms with Crippen LogP contribution in [0.1, 0.15) is 51.9 Å². The molecule has 2 aliphatic rings. The van der Waals surface area contributed by atoms with Crippen molar-refractivity contribution in [3.8, 4) is 6.07 Å². The monoisotopic (exact) mass is 206 g/mol. The first-order valence-electron chi connectivity index (χ1n) is 6.43. The summed E-state index contributed by atoms with van der Waals surface area (Å²) in [7, 11) is 0. The van der Waals surface area contributed by atoms with Gasteiger partial charge in [0.05, 0.1) is 6.07 Å². The molecule has 1 aliphatic heterocycles. The normalized spacial score (nSPS) is 38.5. The average molecular weight is 206 g/mol. The van der Waals surface area contributed by atoms with E-state index in [0.29, 0.717) is 0 Å². The Morgan fingerprint density at radius 2 is 1.93 bits per heavy atom. The van der Waals surface area contributed by atoms with Gasteiger partial charge in [0.1, 0.15) is 5.54 Å². The lowest BCUT2D eigenvalue weighted by atomic mass is 9.75. The van der Waals surface area contributed by atoms with E-state index in [0.717, 1.165) is 31.8 Å². The molecule has 1 saturated heterocycles. The molecule has 1 heterocycles. The molecule has 1 aliphatic carbocycles. The van der Waals surface area contributed by atoms with Crippen LogP contribution in [0.5, 0.6) is 0 Å². The van der Waals surface area contributed by atoms with E-state index in [2.05, 4.69) is 17.9 Å². The Bertz CT molecular complexity index is 250. The number of nitriles is 1. The molecule has 0 N–H and O–H groups in total. The average Bonchev–Trinajstić information content (AvgIpc) is 2.30. The van der Waals surface area contributed by atoms with Gasteiger partial charge in [0.2, 0.25) is 0 Å². The summed E-state index contributed by atoms with van der Waals surface area (Å²) in [4.78, 5) is 2.48. The van der Waals surface area contributed by atoms with Crippen molar-refractivity contribution in [3.63, 3.8) is 0 Å². The molecule has 2 atom stereocenters. The van der Waals surface area contributed by atoms with E-state index < -0.39 is 0 Å². The highest BCUT2D eigenvalue weighted by Crippen LogP contribution is 2.37. The van der Waals surface area contributed by atoms with Gasteiger partial charge >= 0.3 is 0 Å². The van der Waals surface area contributed by atoms with E-state index in [4.69, 9.17) is 0 Å². The van der Waals surface area contributed by atoms with Crippen molar-refractivity contribution in [1.29, 1.82) is 5.26 Å². The van der Waals surface area contributed by atoms with Gasteiger partial charge in [-0.2, -0.15) is 5.26 Å². The van der Waals surface area contributed by atoms with E-state index in [1.165, 1.54) is 32.1 Å². The number of likely N-dealkylation sites (tertiary alicyclic amines) is 1. The van der Waals surface area contributed by atoms with Crippen molar-refractivity contribution in [2.24, 2.45) is 5.92 Å². The van der Waals surface area contributed by atoms with Crippen LogP contribution in [0.3, 0.4) is 0 Å². The Morgan fingerprint density at radius 1 is 1.20 bits per heavy atom. The molecule has 0 aromatic rings. The van der Waals surface area contributed by atoms with Crippen molar-refractivity contribution >= 4 is 0 Å². The highest BCUT2D eigenvalue weighted by molar-refractivity contribution is 5.11. The van der Waals surface area contributed by atoms with Gasteiger partial charge in [0.15, 0.2) is 0 Å². The molecule has 1 saturated carbocycles. The minimum Gasteiger partial charge on any atom is -0.286 e. The van der Waals surface area contributed by atoms with Gasteiger partial charge in [-0.1, -0.05) is 26.2 Å².